The van der Waals surface area contributed by atoms with Crippen molar-refractivity contribution in [3.05, 3.63) is 0 Å². The van der Waals surface area contributed by atoms with Crippen LogP contribution in [0.3, 0.4) is 0 Å². The van der Waals surface area contributed by atoms with Crippen molar-refractivity contribution in [2.75, 3.05) is 24.7 Å². The van der Waals surface area contributed by atoms with E-state index < -0.39 is 0 Å². The quantitative estimate of drug-likeness (QED) is 0.730. The fourth-order valence-electron chi connectivity index (χ4n) is 3.15. The maximum absolute atomic E-state index is 5.70. The summed E-state index contributed by atoms with van der Waals surface area (Å²) in [6.45, 7) is 4.44. The SMILES string of the molecule is CCCNC(CSCC1CCCO1)C1CCCC1. The predicted molar refractivity (Wildman–Crippen MR) is 80.3 cm³/mol. The van der Waals surface area contributed by atoms with Gasteiger partial charge in [0, 0.05) is 24.2 Å². The van der Waals surface area contributed by atoms with E-state index >= 15 is 0 Å². The molecule has 106 valence electrons. The molecule has 1 aliphatic carbocycles. The molecule has 1 N–H and O–H groups in total. The van der Waals surface area contributed by atoms with Crippen molar-refractivity contribution >= 4 is 11.8 Å². The number of hydrogen-bond donors (Lipinski definition) is 1. The maximum atomic E-state index is 5.70. The number of hydrogen-bond acceptors (Lipinski definition) is 3. The summed E-state index contributed by atoms with van der Waals surface area (Å²) >= 11 is 2.11. The summed E-state index contributed by atoms with van der Waals surface area (Å²) in [6, 6.07) is 0.749. The minimum atomic E-state index is 0.547. The van der Waals surface area contributed by atoms with Gasteiger partial charge in [-0.05, 0) is 44.6 Å². The van der Waals surface area contributed by atoms with Gasteiger partial charge in [-0.3, -0.25) is 0 Å². The molecular formula is C15H29NOS. The van der Waals surface area contributed by atoms with Gasteiger partial charge in [0.15, 0.2) is 0 Å². The number of thioether (sulfide) groups is 1. The summed E-state index contributed by atoms with van der Waals surface area (Å²) in [5.41, 5.74) is 0. The van der Waals surface area contributed by atoms with Crippen molar-refractivity contribution < 1.29 is 4.74 Å². The Kier molecular flexibility index (Phi) is 6.88. The van der Waals surface area contributed by atoms with E-state index in [2.05, 4.69) is 24.0 Å². The van der Waals surface area contributed by atoms with E-state index in [0.717, 1.165) is 18.6 Å². The summed E-state index contributed by atoms with van der Waals surface area (Å²) < 4.78 is 5.70. The Labute approximate surface area is 117 Å². The first kappa shape index (κ1) is 14.7. The lowest BCUT2D eigenvalue weighted by molar-refractivity contribution is 0.129. The average molecular weight is 271 g/mol. The Bertz CT molecular complexity index is 213. The van der Waals surface area contributed by atoms with Crippen LogP contribution in [-0.2, 0) is 4.74 Å². The van der Waals surface area contributed by atoms with Crippen LogP contribution in [0.1, 0.15) is 51.9 Å². The molecule has 2 atom stereocenters. The highest BCUT2D eigenvalue weighted by atomic mass is 32.2. The smallest absolute Gasteiger partial charge is 0.0666 e. The lowest BCUT2D eigenvalue weighted by Gasteiger charge is -2.25. The van der Waals surface area contributed by atoms with Gasteiger partial charge in [-0.15, -0.1) is 0 Å². The highest BCUT2D eigenvalue weighted by Gasteiger charge is 2.25. The summed E-state index contributed by atoms with van der Waals surface area (Å²) in [4.78, 5) is 0. The molecule has 0 spiro atoms. The van der Waals surface area contributed by atoms with Crippen molar-refractivity contribution in [1.29, 1.82) is 0 Å². The number of nitrogens with one attached hydrogen (secondary N) is 1. The minimum absolute atomic E-state index is 0.547. The first-order valence-electron chi connectivity index (χ1n) is 7.83. The highest BCUT2D eigenvalue weighted by Crippen LogP contribution is 2.29. The zero-order valence-corrected chi connectivity index (χ0v) is 12.6. The van der Waals surface area contributed by atoms with Crippen LogP contribution in [0.4, 0.5) is 0 Å². The molecular weight excluding hydrogens is 242 g/mol. The molecule has 0 aromatic carbocycles. The number of rotatable bonds is 8. The zero-order valence-electron chi connectivity index (χ0n) is 11.8. The van der Waals surface area contributed by atoms with Crippen molar-refractivity contribution in [2.45, 2.75) is 64.0 Å². The molecule has 0 aromatic rings. The second-order valence-electron chi connectivity index (χ2n) is 5.78. The van der Waals surface area contributed by atoms with Gasteiger partial charge in [-0.1, -0.05) is 19.8 Å². The van der Waals surface area contributed by atoms with Crippen molar-refractivity contribution in [3.8, 4) is 0 Å². The molecule has 0 bridgehead atoms. The van der Waals surface area contributed by atoms with E-state index in [0.29, 0.717) is 6.10 Å². The molecule has 1 aliphatic heterocycles. The van der Waals surface area contributed by atoms with E-state index in [4.69, 9.17) is 4.74 Å². The van der Waals surface area contributed by atoms with Crippen LogP contribution < -0.4 is 5.32 Å². The van der Waals surface area contributed by atoms with Crippen molar-refractivity contribution in [2.24, 2.45) is 5.92 Å². The van der Waals surface area contributed by atoms with E-state index in [9.17, 15) is 0 Å². The Morgan fingerprint density at radius 1 is 1.22 bits per heavy atom. The van der Waals surface area contributed by atoms with Gasteiger partial charge in [0.2, 0.25) is 0 Å². The van der Waals surface area contributed by atoms with E-state index in [1.807, 2.05) is 0 Å². The fraction of sp³-hybridized carbons (Fsp3) is 1.00. The third-order valence-electron chi connectivity index (χ3n) is 4.25. The van der Waals surface area contributed by atoms with Gasteiger partial charge >= 0.3 is 0 Å². The van der Waals surface area contributed by atoms with Crippen LogP contribution in [0.25, 0.3) is 0 Å². The maximum Gasteiger partial charge on any atom is 0.0666 e. The molecule has 0 amide bonds. The lowest BCUT2D eigenvalue weighted by atomic mass is 10.00. The van der Waals surface area contributed by atoms with Crippen LogP contribution in [-0.4, -0.2) is 36.8 Å². The molecule has 1 saturated carbocycles. The normalized spacial score (nSPS) is 26.8. The number of ether oxygens (including phenoxy) is 1. The minimum Gasteiger partial charge on any atom is -0.377 e. The van der Waals surface area contributed by atoms with Gasteiger partial charge < -0.3 is 10.1 Å². The first-order chi connectivity index (χ1) is 8.90. The van der Waals surface area contributed by atoms with Crippen LogP contribution in [0, 0.1) is 5.92 Å². The van der Waals surface area contributed by atoms with Crippen molar-refractivity contribution in [3.63, 3.8) is 0 Å². The zero-order chi connectivity index (χ0) is 12.6. The second-order valence-corrected chi connectivity index (χ2v) is 6.85. The van der Waals surface area contributed by atoms with Crippen LogP contribution in [0.2, 0.25) is 0 Å². The third-order valence-corrected chi connectivity index (χ3v) is 5.45. The predicted octanol–water partition coefficient (Wildman–Crippen LogP) is 3.46. The van der Waals surface area contributed by atoms with Gasteiger partial charge in [0.25, 0.3) is 0 Å². The van der Waals surface area contributed by atoms with Crippen LogP contribution in [0.15, 0.2) is 0 Å². The second kappa shape index (κ2) is 8.44. The van der Waals surface area contributed by atoms with Gasteiger partial charge in [0.1, 0.15) is 0 Å². The highest BCUT2D eigenvalue weighted by molar-refractivity contribution is 7.99. The largest absolute Gasteiger partial charge is 0.377 e. The third kappa shape index (κ3) is 4.75. The summed E-state index contributed by atoms with van der Waals surface area (Å²) in [6.07, 6.45) is 10.1. The van der Waals surface area contributed by atoms with Gasteiger partial charge in [-0.25, -0.2) is 0 Å². The van der Waals surface area contributed by atoms with Crippen LogP contribution >= 0.6 is 11.8 Å². The first-order valence-corrected chi connectivity index (χ1v) is 8.98. The molecule has 2 rings (SSSR count). The Morgan fingerprint density at radius 3 is 2.72 bits per heavy atom. The molecule has 2 aliphatic rings. The van der Waals surface area contributed by atoms with Gasteiger partial charge in [0.05, 0.1) is 6.10 Å². The molecule has 1 heterocycles. The Hall–Kier alpha value is 0.270. The molecule has 1 saturated heterocycles. The monoisotopic (exact) mass is 271 g/mol. The summed E-state index contributed by atoms with van der Waals surface area (Å²) in [5, 5.41) is 3.78. The molecule has 3 heteroatoms. The van der Waals surface area contributed by atoms with Gasteiger partial charge in [-0.2, -0.15) is 11.8 Å². The van der Waals surface area contributed by atoms with Crippen LogP contribution in [0.5, 0.6) is 0 Å². The Balaban J connectivity index is 1.66. The standard InChI is InChI=1S/C15H29NOS/c1-2-9-16-15(13-6-3-4-7-13)12-18-11-14-8-5-10-17-14/h13-16H,2-12H2,1H3. The average Bonchev–Trinajstić information content (AvgIpc) is 3.05. The van der Waals surface area contributed by atoms with E-state index in [1.54, 1.807) is 0 Å². The molecule has 2 fully saturated rings. The van der Waals surface area contributed by atoms with E-state index in [1.165, 1.54) is 63.0 Å². The Morgan fingerprint density at radius 2 is 2.06 bits per heavy atom. The summed E-state index contributed by atoms with van der Waals surface area (Å²) in [7, 11) is 0. The van der Waals surface area contributed by atoms with E-state index in [-0.39, 0.29) is 0 Å². The molecule has 2 nitrogen and oxygen atoms in total. The fourth-order valence-corrected chi connectivity index (χ4v) is 4.46. The molecule has 18 heavy (non-hydrogen) atoms. The lowest BCUT2D eigenvalue weighted by Crippen LogP contribution is -2.38. The summed E-state index contributed by atoms with van der Waals surface area (Å²) in [5.74, 6) is 3.43. The van der Waals surface area contributed by atoms with Crippen molar-refractivity contribution in [1.82, 2.24) is 5.32 Å². The molecule has 2 unspecified atom stereocenters. The topological polar surface area (TPSA) is 21.3 Å². The molecule has 0 aromatic heterocycles. The molecule has 0 radical (unpaired) electrons.